The zero-order valence-electron chi connectivity index (χ0n) is 8.21. The van der Waals surface area contributed by atoms with E-state index in [4.69, 9.17) is 5.11 Å². The second-order valence-corrected chi connectivity index (χ2v) is 2.85. The van der Waals surface area contributed by atoms with Crippen LogP contribution in [0.1, 0.15) is 0 Å². The van der Waals surface area contributed by atoms with Crippen LogP contribution >= 0.6 is 0 Å². The number of hydrogen-bond acceptors (Lipinski definition) is 2. The predicted molar refractivity (Wildman–Crippen MR) is 48.5 cm³/mol. The maximum atomic E-state index is 13.0. The second kappa shape index (κ2) is 5.33. The van der Waals surface area contributed by atoms with Gasteiger partial charge in [-0.3, -0.25) is 0 Å². The predicted octanol–water partition coefficient (Wildman–Crippen LogP) is 2.26. The van der Waals surface area contributed by atoms with Gasteiger partial charge >= 0.3 is 5.97 Å². The first kappa shape index (κ1) is 13.0. The summed E-state index contributed by atoms with van der Waals surface area (Å²) in [5.74, 6) is -9.06. The minimum absolute atomic E-state index is 0.0462. The van der Waals surface area contributed by atoms with Crippen LogP contribution in [0.3, 0.4) is 0 Å². The third kappa shape index (κ3) is 3.20. The zero-order chi connectivity index (χ0) is 13.0. The van der Waals surface area contributed by atoms with Gasteiger partial charge in [0.25, 0.3) is 0 Å². The summed E-state index contributed by atoms with van der Waals surface area (Å²) in [6.45, 7) is -0.539. The first-order chi connectivity index (χ1) is 7.93. The number of benzene rings is 1. The molecule has 92 valence electrons. The Hall–Kier alpha value is -2.05. The summed E-state index contributed by atoms with van der Waals surface area (Å²) in [5, 5.41) is 8.20. The average molecular weight is 250 g/mol. The molecule has 0 aliphatic rings. The zero-order valence-corrected chi connectivity index (χ0v) is 8.21. The molecular weight excluding hydrogens is 244 g/mol. The Morgan fingerprint density at radius 2 is 1.76 bits per heavy atom. The Bertz CT molecular complexity index is 445. The standard InChI is InChI=1S/C10H6F4O3/c11-5-4-6(12)9(14)10(8(5)13)17-3-1-2-7(15)16/h1-2,4H,3H2,(H,15,16)/b2-1+. The van der Waals surface area contributed by atoms with Crippen molar-refractivity contribution < 1.29 is 32.2 Å². The van der Waals surface area contributed by atoms with E-state index >= 15 is 0 Å². The number of halogens is 4. The Morgan fingerprint density at radius 3 is 2.24 bits per heavy atom. The normalized spacial score (nSPS) is 10.8. The van der Waals surface area contributed by atoms with Crippen LogP contribution in [0.4, 0.5) is 17.6 Å². The Kier molecular flexibility index (Phi) is 4.08. The summed E-state index contributed by atoms with van der Waals surface area (Å²) in [4.78, 5) is 10.0. The highest BCUT2D eigenvalue weighted by atomic mass is 19.2. The highest BCUT2D eigenvalue weighted by molar-refractivity contribution is 5.79. The average Bonchev–Trinajstić information content (AvgIpc) is 2.25. The molecule has 0 heterocycles. The van der Waals surface area contributed by atoms with E-state index in [1.54, 1.807) is 0 Å². The van der Waals surface area contributed by atoms with Gasteiger partial charge in [0.2, 0.25) is 11.6 Å². The Balaban J connectivity index is 2.87. The van der Waals surface area contributed by atoms with Crippen molar-refractivity contribution in [1.82, 2.24) is 0 Å². The van der Waals surface area contributed by atoms with Crippen LogP contribution in [0.5, 0.6) is 5.75 Å². The van der Waals surface area contributed by atoms with Crippen molar-refractivity contribution >= 4 is 5.97 Å². The maximum absolute atomic E-state index is 13.0. The van der Waals surface area contributed by atoms with Crippen LogP contribution in [-0.2, 0) is 4.79 Å². The maximum Gasteiger partial charge on any atom is 0.328 e. The van der Waals surface area contributed by atoms with E-state index in [-0.39, 0.29) is 6.07 Å². The molecule has 0 saturated carbocycles. The lowest BCUT2D eigenvalue weighted by molar-refractivity contribution is -0.131. The van der Waals surface area contributed by atoms with Crippen LogP contribution in [-0.4, -0.2) is 17.7 Å². The molecule has 1 aromatic carbocycles. The highest BCUT2D eigenvalue weighted by Gasteiger charge is 2.20. The molecule has 3 nitrogen and oxygen atoms in total. The van der Waals surface area contributed by atoms with Gasteiger partial charge in [0.05, 0.1) is 0 Å². The minimum Gasteiger partial charge on any atom is -0.483 e. The van der Waals surface area contributed by atoms with Gasteiger partial charge in [-0.25, -0.2) is 13.6 Å². The number of hydrogen-bond donors (Lipinski definition) is 1. The summed E-state index contributed by atoms with van der Waals surface area (Å²) in [6.07, 6.45) is 1.58. The minimum atomic E-state index is -1.67. The number of carboxylic acids is 1. The lowest BCUT2D eigenvalue weighted by atomic mass is 10.3. The fourth-order valence-electron chi connectivity index (χ4n) is 0.958. The quantitative estimate of drug-likeness (QED) is 0.506. The molecule has 0 fully saturated rings. The molecule has 0 amide bonds. The van der Waals surface area contributed by atoms with E-state index < -0.39 is 41.6 Å². The lowest BCUT2D eigenvalue weighted by Crippen LogP contribution is -2.04. The molecule has 0 aliphatic heterocycles. The van der Waals surface area contributed by atoms with E-state index in [2.05, 4.69) is 4.74 Å². The van der Waals surface area contributed by atoms with Crippen LogP contribution in [0, 0.1) is 23.3 Å². The molecule has 0 bridgehead atoms. The van der Waals surface area contributed by atoms with Gasteiger partial charge in [0.1, 0.15) is 6.61 Å². The smallest absolute Gasteiger partial charge is 0.328 e. The van der Waals surface area contributed by atoms with Crippen LogP contribution in [0.15, 0.2) is 18.2 Å². The Morgan fingerprint density at radius 1 is 1.24 bits per heavy atom. The van der Waals surface area contributed by atoms with E-state index in [9.17, 15) is 22.4 Å². The molecule has 0 atom stereocenters. The fraction of sp³-hybridized carbons (Fsp3) is 0.100. The molecule has 1 N–H and O–H groups in total. The summed E-state index contributed by atoms with van der Waals surface area (Å²) < 4.78 is 55.7. The van der Waals surface area contributed by atoms with Crippen LogP contribution in [0.2, 0.25) is 0 Å². The number of carbonyl (C=O) groups is 1. The van der Waals surface area contributed by atoms with Crippen LogP contribution in [0.25, 0.3) is 0 Å². The van der Waals surface area contributed by atoms with Crippen molar-refractivity contribution in [3.63, 3.8) is 0 Å². The summed E-state index contributed by atoms with van der Waals surface area (Å²) in [6, 6.07) is 0.0462. The van der Waals surface area contributed by atoms with Gasteiger partial charge in [0.15, 0.2) is 17.4 Å². The SMILES string of the molecule is O=C(O)/C=C/COc1c(F)c(F)cc(F)c1F. The van der Waals surface area contributed by atoms with E-state index in [0.29, 0.717) is 6.08 Å². The van der Waals surface area contributed by atoms with Crippen molar-refractivity contribution in [1.29, 1.82) is 0 Å². The molecule has 0 aromatic heterocycles. The Labute approximate surface area is 92.9 Å². The number of carboxylic acid groups (broad SMARTS) is 1. The number of aliphatic carboxylic acids is 1. The number of ether oxygens (including phenoxy) is 1. The van der Waals surface area contributed by atoms with Crippen molar-refractivity contribution in [2.24, 2.45) is 0 Å². The van der Waals surface area contributed by atoms with Gasteiger partial charge in [-0.2, -0.15) is 8.78 Å². The van der Waals surface area contributed by atoms with Gasteiger partial charge in [-0.05, 0) is 6.08 Å². The van der Waals surface area contributed by atoms with E-state index in [0.717, 1.165) is 6.08 Å². The van der Waals surface area contributed by atoms with Gasteiger partial charge in [-0.15, -0.1) is 0 Å². The van der Waals surface area contributed by atoms with Crippen molar-refractivity contribution in [3.05, 3.63) is 41.5 Å². The highest BCUT2D eigenvalue weighted by Crippen LogP contribution is 2.26. The largest absolute Gasteiger partial charge is 0.483 e. The molecule has 0 radical (unpaired) electrons. The molecule has 0 unspecified atom stereocenters. The van der Waals surface area contributed by atoms with Gasteiger partial charge in [0, 0.05) is 12.1 Å². The van der Waals surface area contributed by atoms with E-state index in [1.807, 2.05) is 0 Å². The van der Waals surface area contributed by atoms with Crippen LogP contribution < -0.4 is 4.74 Å². The van der Waals surface area contributed by atoms with Gasteiger partial charge in [-0.1, -0.05) is 0 Å². The molecule has 1 rings (SSSR count). The summed E-state index contributed by atoms with van der Waals surface area (Å²) in [5.41, 5.74) is 0. The molecular formula is C10H6F4O3. The van der Waals surface area contributed by atoms with E-state index in [1.165, 1.54) is 0 Å². The first-order valence-corrected chi connectivity index (χ1v) is 4.28. The summed E-state index contributed by atoms with van der Waals surface area (Å²) in [7, 11) is 0. The van der Waals surface area contributed by atoms with Crippen molar-refractivity contribution in [2.45, 2.75) is 0 Å². The van der Waals surface area contributed by atoms with Gasteiger partial charge < -0.3 is 9.84 Å². The summed E-state index contributed by atoms with van der Waals surface area (Å²) >= 11 is 0. The molecule has 0 saturated heterocycles. The molecule has 1 aromatic rings. The molecule has 7 heteroatoms. The number of rotatable bonds is 4. The molecule has 0 aliphatic carbocycles. The third-order valence-electron chi connectivity index (χ3n) is 1.66. The molecule has 17 heavy (non-hydrogen) atoms. The topological polar surface area (TPSA) is 46.5 Å². The third-order valence-corrected chi connectivity index (χ3v) is 1.66. The van der Waals surface area contributed by atoms with Crippen molar-refractivity contribution in [3.8, 4) is 5.75 Å². The second-order valence-electron chi connectivity index (χ2n) is 2.85. The lowest BCUT2D eigenvalue weighted by Gasteiger charge is -2.07. The van der Waals surface area contributed by atoms with Crippen molar-refractivity contribution in [2.75, 3.05) is 6.61 Å². The molecule has 0 spiro atoms. The fourth-order valence-corrected chi connectivity index (χ4v) is 0.958. The first-order valence-electron chi connectivity index (χ1n) is 4.28. The monoisotopic (exact) mass is 250 g/mol.